The Hall–Kier alpha value is 0.270. The highest BCUT2D eigenvalue weighted by Gasteiger charge is 2.18. The van der Waals surface area contributed by atoms with Crippen molar-refractivity contribution < 1.29 is 0 Å². The van der Waals surface area contributed by atoms with Gasteiger partial charge in [-0.15, -0.1) is 0 Å². The normalized spacial score (nSPS) is 25.4. The third kappa shape index (κ3) is 5.23. The fraction of sp³-hybridized carbons (Fsp3) is 1.00. The summed E-state index contributed by atoms with van der Waals surface area (Å²) in [5, 5.41) is 3.62. The topological polar surface area (TPSA) is 15.3 Å². The van der Waals surface area contributed by atoms with Gasteiger partial charge in [0.15, 0.2) is 0 Å². The van der Waals surface area contributed by atoms with E-state index in [-0.39, 0.29) is 0 Å². The zero-order valence-electron chi connectivity index (χ0n) is 10.5. The first-order valence-electron chi connectivity index (χ1n) is 6.14. The molecular weight excluding hydrogens is 204 g/mol. The summed E-state index contributed by atoms with van der Waals surface area (Å²) in [5.74, 6) is 2.07. The summed E-state index contributed by atoms with van der Waals surface area (Å²) in [5.41, 5.74) is 0. The van der Waals surface area contributed by atoms with E-state index in [0.29, 0.717) is 0 Å². The van der Waals surface area contributed by atoms with E-state index in [2.05, 4.69) is 30.4 Å². The molecule has 2 unspecified atom stereocenters. The van der Waals surface area contributed by atoms with Gasteiger partial charge in [0.2, 0.25) is 0 Å². The average Bonchev–Trinajstić information content (AvgIpc) is 2.21. The number of thioether (sulfide) groups is 1. The number of nitrogens with zero attached hydrogens (tertiary/aromatic N) is 1. The molecule has 1 aliphatic heterocycles. The first-order valence-corrected chi connectivity index (χ1v) is 7.53. The van der Waals surface area contributed by atoms with Crippen LogP contribution in [0.5, 0.6) is 0 Å². The molecular formula is C12H26N2S. The zero-order valence-corrected chi connectivity index (χ0v) is 11.3. The van der Waals surface area contributed by atoms with Crippen molar-refractivity contribution in [2.24, 2.45) is 5.92 Å². The van der Waals surface area contributed by atoms with Crippen LogP contribution >= 0.6 is 11.8 Å². The van der Waals surface area contributed by atoms with Gasteiger partial charge in [-0.3, -0.25) is 0 Å². The molecule has 0 aromatic carbocycles. The second kappa shape index (κ2) is 7.53. The molecule has 0 saturated carbocycles. The number of nitrogens with one attached hydrogen (secondary N) is 1. The van der Waals surface area contributed by atoms with Crippen LogP contribution in [0.15, 0.2) is 0 Å². The third-order valence-corrected chi connectivity index (χ3v) is 4.15. The lowest BCUT2D eigenvalue weighted by molar-refractivity contribution is 0.181. The second-order valence-corrected chi connectivity index (χ2v) is 5.76. The van der Waals surface area contributed by atoms with Crippen molar-refractivity contribution in [2.75, 3.05) is 38.7 Å². The van der Waals surface area contributed by atoms with Crippen molar-refractivity contribution in [3.63, 3.8) is 0 Å². The smallest absolute Gasteiger partial charge is 0.0217 e. The molecule has 0 amide bonds. The molecule has 1 N–H and O–H groups in total. The fourth-order valence-corrected chi connectivity index (χ4v) is 2.93. The van der Waals surface area contributed by atoms with Crippen LogP contribution in [-0.2, 0) is 0 Å². The monoisotopic (exact) mass is 230 g/mol. The molecule has 1 aliphatic rings. The first-order chi connectivity index (χ1) is 7.24. The Morgan fingerprint density at radius 1 is 1.47 bits per heavy atom. The SMILES string of the molecule is CSCC(C)CNCC1CCCCN1C. The first kappa shape index (κ1) is 13.3. The molecule has 1 saturated heterocycles. The lowest BCUT2D eigenvalue weighted by Gasteiger charge is -2.32. The number of piperidine rings is 1. The van der Waals surface area contributed by atoms with Crippen molar-refractivity contribution >= 4 is 11.8 Å². The molecule has 1 rings (SSSR count). The van der Waals surface area contributed by atoms with E-state index in [0.717, 1.165) is 12.0 Å². The number of likely N-dealkylation sites (tertiary alicyclic amines) is 1. The van der Waals surface area contributed by atoms with Crippen LogP contribution in [0.3, 0.4) is 0 Å². The van der Waals surface area contributed by atoms with Crippen LogP contribution in [0, 0.1) is 5.92 Å². The number of likely N-dealkylation sites (N-methyl/N-ethyl adjacent to an activating group) is 1. The molecule has 90 valence electrons. The molecule has 15 heavy (non-hydrogen) atoms. The van der Waals surface area contributed by atoms with E-state index in [4.69, 9.17) is 0 Å². The average molecular weight is 230 g/mol. The number of hydrogen-bond acceptors (Lipinski definition) is 3. The zero-order chi connectivity index (χ0) is 11.1. The summed E-state index contributed by atoms with van der Waals surface area (Å²) in [4.78, 5) is 2.51. The predicted molar refractivity (Wildman–Crippen MR) is 70.7 cm³/mol. The van der Waals surface area contributed by atoms with Gasteiger partial charge in [0, 0.05) is 12.6 Å². The number of hydrogen-bond donors (Lipinski definition) is 1. The molecule has 0 aromatic heterocycles. The van der Waals surface area contributed by atoms with Crippen molar-refractivity contribution in [3.8, 4) is 0 Å². The Kier molecular flexibility index (Phi) is 6.69. The Morgan fingerprint density at radius 3 is 2.93 bits per heavy atom. The summed E-state index contributed by atoms with van der Waals surface area (Å²) in [6, 6.07) is 0.778. The van der Waals surface area contributed by atoms with E-state index in [1.54, 1.807) is 0 Å². The van der Waals surface area contributed by atoms with Crippen LogP contribution in [0.25, 0.3) is 0 Å². The second-order valence-electron chi connectivity index (χ2n) is 4.85. The van der Waals surface area contributed by atoms with Gasteiger partial charge in [-0.25, -0.2) is 0 Å². The maximum atomic E-state index is 3.62. The summed E-state index contributed by atoms with van der Waals surface area (Å²) < 4.78 is 0. The summed E-state index contributed by atoms with van der Waals surface area (Å²) >= 11 is 1.95. The van der Waals surface area contributed by atoms with Crippen LogP contribution in [0.2, 0.25) is 0 Å². The minimum atomic E-state index is 0.778. The molecule has 2 atom stereocenters. The quantitative estimate of drug-likeness (QED) is 0.752. The van der Waals surface area contributed by atoms with Crippen molar-refractivity contribution in [1.29, 1.82) is 0 Å². The van der Waals surface area contributed by atoms with E-state index in [1.165, 1.54) is 44.6 Å². The Morgan fingerprint density at radius 2 is 2.27 bits per heavy atom. The van der Waals surface area contributed by atoms with Crippen LogP contribution < -0.4 is 5.32 Å². The maximum absolute atomic E-state index is 3.62. The van der Waals surface area contributed by atoms with Gasteiger partial charge in [0.05, 0.1) is 0 Å². The maximum Gasteiger partial charge on any atom is 0.0217 e. The molecule has 0 aliphatic carbocycles. The molecule has 0 bridgehead atoms. The van der Waals surface area contributed by atoms with Crippen LogP contribution in [0.1, 0.15) is 26.2 Å². The van der Waals surface area contributed by atoms with Gasteiger partial charge in [-0.1, -0.05) is 13.3 Å². The van der Waals surface area contributed by atoms with Crippen LogP contribution in [-0.4, -0.2) is 49.6 Å². The Bertz CT molecular complexity index is 164. The molecule has 0 spiro atoms. The Labute approximate surface area is 99.2 Å². The van der Waals surface area contributed by atoms with Gasteiger partial charge < -0.3 is 10.2 Å². The van der Waals surface area contributed by atoms with Crippen molar-refractivity contribution in [3.05, 3.63) is 0 Å². The van der Waals surface area contributed by atoms with Crippen molar-refractivity contribution in [1.82, 2.24) is 10.2 Å². The van der Waals surface area contributed by atoms with Gasteiger partial charge in [0.1, 0.15) is 0 Å². The highest BCUT2D eigenvalue weighted by molar-refractivity contribution is 7.98. The molecule has 1 heterocycles. The standard InChI is InChI=1S/C12H26N2S/c1-11(10-15-3)8-13-9-12-6-4-5-7-14(12)2/h11-13H,4-10H2,1-3H3. The highest BCUT2D eigenvalue weighted by atomic mass is 32.2. The minimum absolute atomic E-state index is 0.778. The predicted octanol–water partition coefficient (Wildman–Crippen LogP) is 2.06. The van der Waals surface area contributed by atoms with Gasteiger partial charge in [-0.05, 0) is 50.9 Å². The third-order valence-electron chi connectivity index (χ3n) is 3.25. The summed E-state index contributed by atoms with van der Waals surface area (Å²) in [6.45, 7) is 5.96. The summed E-state index contributed by atoms with van der Waals surface area (Å²) in [6.07, 6.45) is 6.36. The molecule has 0 aromatic rings. The molecule has 1 fully saturated rings. The van der Waals surface area contributed by atoms with Crippen LogP contribution in [0.4, 0.5) is 0 Å². The van der Waals surface area contributed by atoms with E-state index in [1.807, 2.05) is 11.8 Å². The minimum Gasteiger partial charge on any atom is -0.315 e. The van der Waals surface area contributed by atoms with E-state index in [9.17, 15) is 0 Å². The fourth-order valence-electron chi connectivity index (χ4n) is 2.24. The Balaban J connectivity index is 2.08. The highest BCUT2D eigenvalue weighted by Crippen LogP contribution is 2.14. The molecule has 0 radical (unpaired) electrons. The molecule has 2 nitrogen and oxygen atoms in total. The molecule has 3 heteroatoms. The largest absolute Gasteiger partial charge is 0.315 e. The summed E-state index contributed by atoms with van der Waals surface area (Å²) in [7, 11) is 2.26. The number of rotatable bonds is 6. The van der Waals surface area contributed by atoms with Crippen molar-refractivity contribution in [2.45, 2.75) is 32.2 Å². The lowest BCUT2D eigenvalue weighted by Crippen LogP contribution is -2.43. The van der Waals surface area contributed by atoms with E-state index < -0.39 is 0 Å². The van der Waals surface area contributed by atoms with Gasteiger partial charge in [0.25, 0.3) is 0 Å². The van der Waals surface area contributed by atoms with Gasteiger partial charge in [-0.2, -0.15) is 11.8 Å². The van der Waals surface area contributed by atoms with Gasteiger partial charge >= 0.3 is 0 Å². The lowest BCUT2D eigenvalue weighted by atomic mass is 10.0. The van der Waals surface area contributed by atoms with E-state index >= 15 is 0 Å².